The maximum atomic E-state index is 13.2. The van der Waals surface area contributed by atoms with Gasteiger partial charge in [0.2, 0.25) is 16.4 Å². The van der Waals surface area contributed by atoms with Gasteiger partial charge in [-0.1, -0.05) is 29.8 Å². The Hall–Kier alpha value is -2.74. The highest BCUT2D eigenvalue weighted by Gasteiger charge is 2.25. The maximum Gasteiger partial charge on any atom is 0.243 e. The molecular formula is C20H18ClN3O3S. The molecule has 0 spiro atoms. The summed E-state index contributed by atoms with van der Waals surface area (Å²) >= 11 is 5.89. The number of hydrogen-bond donors (Lipinski definition) is 1. The molecule has 0 aliphatic heterocycles. The molecule has 0 saturated heterocycles. The number of halogens is 1. The molecule has 0 unspecified atom stereocenters. The summed E-state index contributed by atoms with van der Waals surface area (Å²) in [4.78, 5) is 14.9. The third kappa shape index (κ3) is 4.95. The normalized spacial score (nSPS) is 11.4. The largest absolute Gasteiger partial charge is 0.329 e. The first-order valence-corrected chi connectivity index (χ1v) is 10.3. The van der Waals surface area contributed by atoms with E-state index >= 15 is 0 Å². The number of amides is 1. The first-order valence-electron chi connectivity index (χ1n) is 8.44. The van der Waals surface area contributed by atoms with Gasteiger partial charge < -0.3 is 5.32 Å². The van der Waals surface area contributed by atoms with E-state index in [1.165, 1.54) is 16.4 Å². The number of carbonyl (C=O) groups is 1. The minimum absolute atomic E-state index is 0.125. The van der Waals surface area contributed by atoms with Gasteiger partial charge in [0.15, 0.2) is 0 Å². The molecule has 0 fully saturated rings. The van der Waals surface area contributed by atoms with Crippen LogP contribution in [-0.4, -0.2) is 24.1 Å². The van der Waals surface area contributed by atoms with E-state index < -0.39 is 10.0 Å². The zero-order valence-electron chi connectivity index (χ0n) is 14.8. The van der Waals surface area contributed by atoms with Crippen LogP contribution < -0.4 is 5.32 Å². The predicted octanol–water partition coefficient (Wildman–Crippen LogP) is 3.69. The van der Waals surface area contributed by atoms with Crippen LogP contribution in [0.4, 0.5) is 5.69 Å². The molecule has 3 aromatic rings. The van der Waals surface area contributed by atoms with E-state index in [0.717, 1.165) is 5.56 Å². The molecule has 0 aliphatic rings. The molecule has 0 radical (unpaired) electrons. The summed E-state index contributed by atoms with van der Waals surface area (Å²) in [5.74, 6) is 0. The predicted molar refractivity (Wildman–Crippen MR) is 108 cm³/mol. The SMILES string of the molecule is O=CNc1ccc(CN(Cc2ccccn2)S(=O)(=O)c2ccc(Cl)cc2)cc1. The van der Waals surface area contributed by atoms with Crippen molar-refractivity contribution in [3.8, 4) is 0 Å². The molecule has 6 nitrogen and oxygen atoms in total. The zero-order valence-corrected chi connectivity index (χ0v) is 16.4. The van der Waals surface area contributed by atoms with Crippen LogP contribution in [0.2, 0.25) is 5.02 Å². The van der Waals surface area contributed by atoms with Crippen molar-refractivity contribution in [3.63, 3.8) is 0 Å². The van der Waals surface area contributed by atoms with E-state index in [4.69, 9.17) is 11.6 Å². The number of hydrogen-bond acceptors (Lipinski definition) is 4. The molecule has 1 aromatic heterocycles. The standard InChI is InChI=1S/C20H18ClN3O3S/c21-17-6-10-20(11-7-17)28(26,27)24(14-19-3-1-2-12-22-19)13-16-4-8-18(9-5-16)23-15-25/h1-12,15H,13-14H2,(H,23,25). The lowest BCUT2D eigenvalue weighted by Gasteiger charge is -2.22. The van der Waals surface area contributed by atoms with E-state index in [-0.39, 0.29) is 18.0 Å². The summed E-state index contributed by atoms with van der Waals surface area (Å²) in [7, 11) is -3.77. The first-order chi connectivity index (χ1) is 13.5. The lowest BCUT2D eigenvalue weighted by atomic mass is 10.2. The number of nitrogens with one attached hydrogen (secondary N) is 1. The molecule has 28 heavy (non-hydrogen) atoms. The molecule has 0 aliphatic carbocycles. The molecule has 1 amide bonds. The van der Waals surface area contributed by atoms with Crippen molar-refractivity contribution in [1.82, 2.24) is 9.29 Å². The third-order valence-electron chi connectivity index (χ3n) is 4.05. The number of nitrogens with zero attached hydrogens (tertiary/aromatic N) is 2. The van der Waals surface area contributed by atoms with Crippen LogP contribution in [0.5, 0.6) is 0 Å². The van der Waals surface area contributed by atoms with Crippen LogP contribution in [0.25, 0.3) is 0 Å². The Morgan fingerprint density at radius 2 is 1.68 bits per heavy atom. The quantitative estimate of drug-likeness (QED) is 0.569. The molecule has 3 rings (SSSR count). The molecule has 8 heteroatoms. The van der Waals surface area contributed by atoms with Crippen molar-refractivity contribution in [2.75, 3.05) is 5.32 Å². The van der Waals surface area contributed by atoms with Crippen molar-refractivity contribution in [1.29, 1.82) is 0 Å². The van der Waals surface area contributed by atoms with E-state index in [1.54, 1.807) is 54.7 Å². The van der Waals surface area contributed by atoms with Crippen molar-refractivity contribution in [2.24, 2.45) is 0 Å². The van der Waals surface area contributed by atoms with Gasteiger partial charge in [-0.15, -0.1) is 0 Å². The van der Waals surface area contributed by atoms with Crippen LogP contribution >= 0.6 is 11.6 Å². The van der Waals surface area contributed by atoms with E-state index in [1.807, 2.05) is 6.07 Å². The zero-order chi connectivity index (χ0) is 20.0. The second-order valence-corrected chi connectivity index (χ2v) is 8.38. The number of pyridine rings is 1. The highest BCUT2D eigenvalue weighted by molar-refractivity contribution is 7.89. The van der Waals surface area contributed by atoms with E-state index in [9.17, 15) is 13.2 Å². The summed E-state index contributed by atoms with van der Waals surface area (Å²) < 4.78 is 27.8. The monoisotopic (exact) mass is 415 g/mol. The van der Waals surface area contributed by atoms with Crippen molar-refractivity contribution >= 4 is 33.7 Å². The van der Waals surface area contributed by atoms with Crippen LogP contribution in [0.15, 0.2) is 77.8 Å². The molecule has 1 heterocycles. The fourth-order valence-corrected chi connectivity index (χ4v) is 4.16. The number of carbonyl (C=O) groups excluding carboxylic acids is 1. The summed E-state index contributed by atoms with van der Waals surface area (Å²) in [6, 6.07) is 18.4. The van der Waals surface area contributed by atoms with Gasteiger partial charge in [-0.3, -0.25) is 9.78 Å². The van der Waals surface area contributed by atoms with Crippen molar-refractivity contribution in [3.05, 3.63) is 89.2 Å². The second kappa shape index (κ2) is 8.97. The van der Waals surface area contributed by atoms with Gasteiger partial charge in [0.25, 0.3) is 0 Å². The van der Waals surface area contributed by atoms with Gasteiger partial charge in [-0.05, 0) is 54.1 Å². The second-order valence-electron chi connectivity index (χ2n) is 6.01. The lowest BCUT2D eigenvalue weighted by molar-refractivity contribution is -0.105. The minimum atomic E-state index is -3.77. The summed E-state index contributed by atoms with van der Waals surface area (Å²) in [5, 5.41) is 3.02. The molecule has 0 bridgehead atoms. The smallest absolute Gasteiger partial charge is 0.243 e. The average Bonchev–Trinajstić information content (AvgIpc) is 2.70. The number of sulfonamides is 1. The Morgan fingerprint density at radius 3 is 2.29 bits per heavy atom. The molecule has 1 N–H and O–H groups in total. The number of rotatable bonds is 8. The van der Waals surface area contributed by atoms with Crippen LogP contribution in [-0.2, 0) is 27.9 Å². The van der Waals surface area contributed by atoms with Gasteiger partial charge in [0.1, 0.15) is 0 Å². The molecule has 144 valence electrons. The number of anilines is 1. The molecule has 2 aromatic carbocycles. The Balaban J connectivity index is 1.92. The molecule has 0 saturated carbocycles. The highest BCUT2D eigenvalue weighted by Crippen LogP contribution is 2.23. The van der Waals surface area contributed by atoms with Crippen molar-refractivity contribution < 1.29 is 13.2 Å². The van der Waals surface area contributed by atoms with Crippen LogP contribution in [0, 0.1) is 0 Å². The molecular weight excluding hydrogens is 398 g/mol. The Kier molecular flexibility index (Phi) is 6.41. The highest BCUT2D eigenvalue weighted by atomic mass is 35.5. The van der Waals surface area contributed by atoms with Gasteiger partial charge in [-0.2, -0.15) is 4.31 Å². The fraction of sp³-hybridized carbons (Fsp3) is 0.100. The lowest BCUT2D eigenvalue weighted by Crippen LogP contribution is -2.30. The third-order valence-corrected chi connectivity index (χ3v) is 6.11. The fourth-order valence-electron chi connectivity index (χ4n) is 2.63. The Morgan fingerprint density at radius 1 is 0.964 bits per heavy atom. The van der Waals surface area contributed by atoms with Crippen LogP contribution in [0.3, 0.4) is 0 Å². The van der Waals surface area contributed by atoms with Gasteiger partial charge in [0, 0.05) is 23.5 Å². The maximum absolute atomic E-state index is 13.2. The van der Waals surface area contributed by atoms with Gasteiger partial charge >= 0.3 is 0 Å². The number of benzene rings is 2. The number of aromatic nitrogens is 1. The Labute approximate surface area is 168 Å². The summed E-state index contributed by atoms with van der Waals surface area (Å²) in [5.41, 5.74) is 2.06. The van der Waals surface area contributed by atoms with Gasteiger partial charge in [0.05, 0.1) is 17.1 Å². The van der Waals surface area contributed by atoms with E-state index in [2.05, 4.69) is 10.3 Å². The molecule has 0 atom stereocenters. The Bertz CT molecular complexity index is 1020. The van der Waals surface area contributed by atoms with E-state index in [0.29, 0.717) is 22.8 Å². The van der Waals surface area contributed by atoms with Crippen LogP contribution in [0.1, 0.15) is 11.3 Å². The van der Waals surface area contributed by atoms with Gasteiger partial charge in [-0.25, -0.2) is 8.42 Å². The topological polar surface area (TPSA) is 79.4 Å². The summed E-state index contributed by atoms with van der Waals surface area (Å²) in [6.07, 6.45) is 2.22. The van der Waals surface area contributed by atoms with Crippen molar-refractivity contribution in [2.45, 2.75) is 18.0 Å². The first kappa shape index (κ1) is 20.0. The average molecular weight is 416 g/mol. The summed E-state index contributed by atoms with van der Waals surface area (Å²) in [6.45, 7) is 0.281. The minimum Gasteiger partial charge on any atom is -0.329 e.